The molecule has 0 amide bonds. The van der Waals surface area contributed by atoms with Crippen LogP contribution in [0.15, 0.2) is 36.7 Å². The lowest BCUT2D eigenvalue weighted by Gasteiger charge is -2.18. The van der Waals surface area contributed by atoms with E-state index in [4.69, 9.17) is 4.98 Å². The second kappa shape index (κ2) is 6.55. The van der Waals surface area contributed by atoms with E-state index in [1.54, 1.807) is 34.9 Å². The molecule has 0 saturated heterocycles. The van der Waals surface area contributed by atoms with Crippen molar-refractivity contribution >= 4 is 11.2 Å². The first kappa shape index (κ1) is 18.4. The minimum Gasteiger partial charge on any atom is -0.277 e. The summed E-state index contributed by atoms with van der Waals surface area (Å²) in [5.41, 5.74) is 6.35. The molecule has 4 aromatic heterocycles. The summed E-state index contributed by atoms with van der Waals surface area (Å²) in [5, 5.41) is 26.3. The number of nitrogens with one attached hydrogen (secondary N) is 1. The maximum Gasteiger partial charge on any atom is 0.199 e. The van der Waals surface area contributed by atoms with Gasteiger partial charge in [-0.25, -0.2) is 19.0 Å². The molecule has 6 rings (SSSR count). The molecule has 2 bridgehead atoms. The molecule has 9 nitrogen and oxygen atoms in total. The van der Waals surface area contributed by atoms with E-state index in [1.807, 2.05) is 13.0 Å². The number of aryl methyl sites for hydroxylation is 1. The van der Waals surface area contributed by atoms with Gasteiger partial charge in [-0.15, -0.1) is 0 Å². The highest BCUT2D eigenvalue weighted by molar-refractivity contribution is 5.79. The Kier molecular flexibility index (Phi) is 3.76. The summed E-state index contributed by atoms with van der Waals surface area (Å²) in [6.07, 6.45) is 3.72. The van der Waals surface area contributed by atoms with E-state index in [2.05, 4.69) is 31.4 Å². The van der Waals surface area contributed by atoms with Crippen molar-refractivity contribution in [1.29, 1.82) is 5.26 Å². The van der Waals surface area contributed by atoms with Crippen LogP contribution in [0.1, 0.15) is 41.2 Å². The van der Waals surface area contributed by atoms with Crippen molar-refractivity contribution in [3.8, 4) is 23.0 Å². The summed E-state index contributed by atoms with van der Waals surface area (Å²) in [5.74, 6) is -0.604. The van der Waals surface area contributed by atoms with Crippen LogP contribution in [0.5, 0.6) is 0 Å². The molecule has 32 heavy (non-hydrogen) atoms. The first-order valence-electron chi connectivity index (χ1n) is 10.0. The lowest BCUT2D eigenvalue weighted by Crippen LogP contribution is -2.11. The van der Waals surface area contributed by atoms with Crippen LogP contribution in [0.3, 0.4) is 0 Å². The second-order valence-electron chi connectivity index (χ2n) is 7.81. The molecular formula is C22H16FN9. The van der Waals surface area contributed by atoms with E-state index in [9.17, 15) is 9.65 Å². The summed E-state index contributed by atoms with van der Waals surface area (Å²) in [4.78, 5) is 9.29. The molecule has 0 spiro atoms. The number of nitrogens with zero attached hydrogens (tertiary/aromatic N) is 8. The van der Waals surface area contributed by atoms with E-state index < -0.39 is 0 Å². The SMILES string of the molecule is C[C@@H]1c2cc(F)ccc2-n2nccc2Cc2nn(C)c(C#N)c2-c2cnc3n[nH]c1c3n2. The maximum atomic E-state index is 14.3. The summed E-state index contributed by atoms with van der Waals surface area (Å²) in [7, 11) is 1.73. The van der Waals surface area contributed by atoms with Gasteiger partial charge in [0.1, 0.15) is 23.1 Å². The number of hydrogen-bond donors (Lipinski definition) is 1. The lowest BCUT2D eigenvalue weighted by molar-refractivity contribution is 0.621. The molecule has 1 N–H and O–H groups in total. The number of benzene rings is 1. The quantitative estimate of drug-likeness (QED) is 0.408. The Hall–Kier alpha value is -4.39. The van der Waals surface area contributed by atoms with E-state index >= 15 is 0 Å². The van der Waals surface area contributed by atoms with Gasteiger partial charge in [-0.2, -0.15) is 20.6 Å². The molecule has 5 heterocycles. The molecule has 1 aliphatic heterocycles. The largest absolute Gasteiger partial charge is 0.277 e. The molecule has 1 atom stereocenters. The number of rotatable bonds is 0. The van der Waals surface area contributed by atoms with Crippen LogP contribution >= 0.6 is 0 Å². The fourth-order valence-electron chi connectivity index (χ4n) is 4.41. The first-order valence-corrected chi connectivity index (χ1v) is 10.0. The van der Waals surface area contributed by atoms with Gasteiger partial charge in [0.15, 0.2) is 5.65 Å². The van der Waals surface area contributed by atoms with Gasteiger partial charge in [0.2, 0.25) is 0 Å². The van der Waals surface area contributed by atoms with E-state index in [0.717, 1.165) is 16.9 Å². The van der Waals surface area contributed by atoms with Gasteiger partial charge in [0.05, 0.1) is 40.2 Å². The summed E-state index contributed by atoms with van der Waals surface area (Å²) >= 11 is 0. The predicted octanol–water partition coefficient (Wildman–Crippen LogP) is 3.01. The van der Waals surface area contributed by atoms with Crippen LogP contribution in [0, 0.1) is 17.1 Å². The highest BCUT2D eigenvalue weighted by Crippen LogP contribution is 2.35. The third-order valence-corrected chi connectivity index (χ3v) is 5.96. The van der Waals surface area contributed by atoms with Gasteiger partial charge in [0, 0.05) is 25.6 Å². The number of halogens is 1. The zero-order valence-electron chi connectivity index (χ0n) is 17.2. The molecule has 0 unspecified atom stereocenters. The summed E-state index contributed by atoms with van der Waals surface area (Å²) in [6.45, 7) is 1.96. The van der Waals surface area contributed by atoms with Crippen LogP contribution in [0.4, 0.5) is 4.39 Å². The monoisotopic (exact) mass is 425 g/mol. The van der Waals surface area contributed by atoms with Gasteiger partial charge in [-0.1, -0.05) is 6.92 Å². The Morgan fingerprint density at radius 2 is 2.16 bits per heavy atom. The predicted molar refractivity (Wildman–Crippen MR) is 112 cm³/mol. The highest BCUT2D eigenvalue weighted by Gasteiger charge is 2.26. The molecule has 5 aromatic rings. The van der Waals surface area contributed by atoms with E-state index in [0.29, 0.717) is 45.9 Å². The van der Waals surface area contributed by atoms with Crippen LogP contribution < -0.4 is 0 Å². The van der Waals surface area contributed by atoms with E-state index in [1.165, 1.54) is 12.1 Å². The van der Waals surface area contributed by atoms with Crippen molar-refractivity contribution in [2.24, 2.45) is 7.05 Å². The topological polar surface area (TPSA) is 114 Å². The fourth-order valence-corrected chi connectivity index (χ4v) is 4.41. The van der Waals surface area contributed by atoms with Gasteiger partial charge in [-0.3, -0.25) is 9.78 Å². The summed E-state index contributed by atoms with van der Waals surface area (Å²) < 4.78 is 17.7. The van der Waals surface area contributed by atoms with Crippen molar-refractivity contribution in [2.45, 2.75) is 19.3 Å². The highest BCUT2D eigenvalue weighted by atomic mass is 19.1. The van der Waals surface area contributed by atoms with Crippen molar-refractivity contribution < 1.29 is 4.39 Å². The average Bonchev–Trinajstić information content (AvgIpc) is 3.49. The Labute approximate surface area is 181 Å². The molecule has 1 aromatic carbocycles. The van der Waals surface area contributed by atoms with Crippen LogP contribution in [0.2, 0.25) is 0 Å². The Balaban J connectivity index is 1.74. The normalized spacial score (nSPS) is 14.9. The number of aromatic nitrogens is 8. The van der Waals surface area contributed by atoms with Crippen molar-refractivity contribution in [3.63, 3.8) is 0 Å². The zero-order chi connectivity index (χ0) is 22.0. The molecule has 0 radical (unpaired) electrons. The van der Waals surface area contributed by atoms with Gasteiger partial charge in [-0.05, 0) is 29.8 Å². The first-order chi connectivity index (χ1) is 15.5. The standard InChI is InChI=1S/C22H16FN9/c1-11-14-7-12(23)3-4-17(14)32-13(5-6-26-32)8-15-19(18(9-24)31(2)30-15)16-10-25-22-21(27-16)20(11)28-29-22/h3-7,10-11H,8H2,1-2H3,(H,25,28,29)/t11-/m1/s1. The zero-order valence-corrected chi connectivity index (χ0v) is 17.2. The van der Waals surface area contributed by atoms with Gasteiger partial charge < -0.3 is 0 Å². The number of hydrogen-bond acceptors (Lipinski definition) is 6. The van der Waals surface area contributed by atoms with Gasteiger partial charge >= 0.3 is 0 Å². The minimum atomic E-state index is -0.335. The summed E-state index contributed by atoms with van der Waals surface area (Å²) in [6, 6.07) is 8.79. The van der Waals surface area contributed by atoms with Crippen molar-refractivity contribution in [1.82, 2.24) is 39.7 Å². The van der Waals surface area contributed by atoms with Crippen molar-refractivity contribution in [2.75, 3.05) is 0 Å². The van der Waals surface area contributed by atoms with Crippen LogP contribution in [0.25, 0.3) is 28.1 Å². The van der Waals surface area contributed by atoms with Gasteiger partial charge in [0.25, 0.3) is 0 Å². The smallest absolute Gasteiger partial charge is 0.199 e. The van der Waals surface area contributed by atoms with E-state index in [-0.39, 0.29) is 11.7 Å². The number of fused-ring (bicyclic) bond motifs is 6. The Morgan fingerprint density at radius 3 is 3.00 bits per heavy atom. The third-order valence-electron chi connectivity index (χ3n) is 5.96. The molecule has 0 aliphatic carbocycles. The average molecular weight is 425 g/mol. The molecular weight excluding hydrogens is 409 g/mol. The second-order valence-corrected chi connectivity index (χ2v) is 7.81. The van der Waals surface area contributed by atoms with Crippen LogP contribution in [-0.2, 0) is 13.5 Å². The minimum absolute atomic E-state index is 0.268. The third kappa shape index (κ3) is 2.51. The Bertz CT molecular complexity index is 1570. The fraction of sp³-hybridized carbons (Fsp3) is 0.182. The molecule has 156 valence electrons. The number of aromatic amines is 1. The molecule has 0 saturated carbocycles. The number of H-pyrrole nitrogens is 1. The lowest BCUT2D eigenvalue weighted by atomic mass is 9.94. The van der Waals surface area contributed by atoms with Crippen molar-refractivity contribution in [3.05, 3.63) is 70.8 Å². The molecule has 0 fully saturated rings. The molecule has 1 aliphatic rings. The maximum absolute atomic E-state index is 14.3. The molecule has 10 heteroatoms. The van der Waals surface area contributed by atoms with Crippen LogP contribution in [-0.4, -0.2) is 39.7 Å². The number of nitriles is 1. The Morgan fingerprint density at radius 1 is 1.28 bits per heavy atom.